The maximum absolute atomic E-state index is 11.2. The average molecular weight is 331 g/mol. The number of ether oxygens (including phenoxy) is 1. The van der Waals surface area contributed by atoms with E-state index in [1.807, 2.05) is 48.5 Å². The van der Waals surface area contributed by atoms with Crippen LogP contribution >= 0.6 is 11.6 Å². The maximum atomic E-state index is 11.2. The van der Waals surface area contributed by atoms with Crippen LogP contribution in [0.25, 0.3) is 0 Å². The van der Waals surface area contributed by atoms with Gasteiger partial charge >= 0.3 is 0 Å². The Balaban J connectivity index is 1.53. The van der Waals surface area contributed by atoms with Crippen LogP contribution in [0.4, 0.5) is 0 Å². The Hall–Kier alpha value is -2.04. The first-order valence-electron chi connectivity index (χ1n) is 7.61. The molecule has 23 heavy (non-hydrogen) atoms. The van der Waals surface area contributed by atoms with Gasteiger partial charge in [0.2, 0.25) is 5.91 Å². The molecule has 0 aliphatic carbocycles. The lowest BCUT2D eigenvalue weighted by Gasteiger charge is -2.38. The quantitative estimate of drug-likeness (QED) is 0.886. The van der Waals surface area contributed by atoms with E-state index in [2.05, 4.69) is 4.90 Å². The van der Waals surface area contributed by atoms with E-state index in [9.17, 15) is 4.79 Å². The lowest BCUT2D eigenvalue weighted by molar-refractivity contribution is -0.127. The highest BCUT2D eigenvalue weighted by Gasteiger charge is 2.32. The van der Waals surface area contributed by atoms with Crippen LogP contribution in [0.15, 0.2) is 48.5 Å². The van der Waals surface area contributed by atoms with E-state index in [4.69, 9.17) is 22.1 Å². The molecule has 1 amide bonds. The van der Waals surface area contributed by atoms with Gasteiger partial charge in [0.1, 0.15) is 12.4 Å². The average Bonchev–Trinajstić information content (AvgIpc) is 2.51. The summed E-state index contributed by atoms with van der Waals surface area (Å²) in [5.74, 6) is 0.581. The zero-order chi connectivity index (χ0) is 16.2. The monoisotopic (exact) mass is 330 g/mol. The van der Waals surface area contributed by atoms with Crippen LogP contribution in [0.1, 0.15) is 17.5 Å². The summed E-state index contributed by atoms with van der Waals surface area (Å²) in [7, 11) is 0. The summed E-state index contributed by atoms with van der Waals surface area (Å²) in [5, 5.41) is 0.721. The van der Waals surface area contributed by atoms with Gasteiger partial charge in [0.25, 0.3) is 0 Å². The van der Waals surface area contributed by atoms with Crippen molar-refractivity contribution >= 4 is 17.5 Å². The SMILES string of the molecule is NC(=O)[C@@H]1CCN1Cc1ccc(OCc2ccc(Cl)cc2)cc1. The molecule has 0 spiro atoms. The zero-order valence-corrected chi connectivity index (χ0v) is 13.5. The van der Waals surface area contributed by atoms with Crippen molar-refractivity contribution in [3.8, 4) is 5.75 Å². The van der Waals surface area contributed by atoms with Gasteiger partial charge in [-0.2, -0.15) is 0 Å². The van der Waals surface area contributed by atoms with Crippen LogP contribution in [-0.4, -0.2) is 23.4 Å². The minimum atomic E-state index is -0.237. The van der Waals surface area contributed by atoms with E-state index >= 15 is 0 Å². The van der Waals surface area contributed by atoms with Gasteiger partial charge in [0.05, 0.1) is 6.04 Å². The summed E-state index contributed by atoms with van der Waals surface area (Å²) in [6.07, 6.45) is 0.859. The highest BCUT2D eigenvalue weighted by molar-refractivity contribution is 6.30. The van der Waals surface area contributed by atoms with Crippen LogP contribution in [-0.2, 0) is 17.9 Å². The zero-order valence-electron chi connectivity index (χ0n) is 12.7. The fourth-order valence-electron chi connectivity index (χ4n) is 2.63. The molecule has 0 saturated carbocycles. The summed E-state index contributed by atoms with van der Waals surface area (Å²) in [5.41, 5.74) is 7.58. The van der Waals surface area contributed by atoms with E-state index in [0.717, 1.165) is 41.4 Å². The third-order valence-corrected chi connectivity index (χ3v) is 4.34. The molecule has 3 rings (SSSR count). The van der Waals surface area contributed by atoms with Gasteiger partial charge in [-0.15, -0.1) is 0 Å². The van der Waals surface area contributed by atoms with Crippen LogP contribution in [0.2, 0.25) is 5.02 Å². The van der Waals surface area contributed by atoms with E-state index in [0.29, 0.717) is 6.61 Å². The number of likely N-dealkylation sites (tertiary alicyclic amines) is 1. The number of primary amides is 1. The Morgan fingerprint density at radius 2 is 1.78 bits per heavy atom. The molecular weight excluding hydrogens is 312 g/mol. The number of nitrogens with two attached hydrogens (primary N) is 1. The first-order chi connectivity index (χ1) is 11.1. The molecule has 1 atom stereocenters. The Kier molecular flexibility index (Phi) is 4.84. The van der Waals surface area contributed by atoms with Crippen molar-refractivity contribution in [2.45, 2.75) is 25.6 Å². The molecule has 1 fully saturated rings. The first kappa shape index (κ1) is 15.8. The Morgan fingerprint density at radius 1 is 1.13 bits per heavy atom. The maximum Gasteiger partial charge on any atom is 0.234 e. The minimum Gasteiger partial charge on any atom is -0.489 e. The fraction of sp³-hybridized carbons (Fsp3) is 0.278. The fourth-order valence-corrected chi connectivity index (χ4v) is 2.75. The van der Waals surface area contributed by atoms with Crippen LogP contribution in [0.3, 0.4) is 0 Å². The van der Waals surface area contributed by atoms with Gasteiger partial charge in [0, 0.05) is 18.1 Å². The molecule has 1 aliphatic rings. The molecule has 0 bridgehead atoms. The number of hydrogen-bond acceptors (Lipinski definition) is 3. The molecule has 2 aromatic rings. The summed E-state index contributed by atoms with van der Waals surface area (Å²) in [6.45, 7) is 2.17. The van der Waals surface area contributed by atoms with E-state index in [-0.39, 0.29) is 11.9 Å². The number of rotatable bonds is 6. The van der Waals surface area contributed by atoms with Gasteiger partial charge < -0.3 is 10.5 Å². The van der Waals surface area contributed by atoms with Gasteiger partial charge in [-0.05, 0) is 41.8 Å². The second kappa shape index (κ2) is 7.02. The second-order valence-electron chi connectivity index (χ2n) is 5.74. The van der Waals surface area contributed by atoms with E-state index in [1.165, 1.54) is 0 Å². The lowest BCUT2D eigenvalue weighted by Crippen LogP contribution is -2.54. The number of benzene rings is 2. The van der Waals surface area contributed by atoms with Gasteiger partial charge in [0.15, 0.2) is 0 Å². The summed E-state index contributed by atoms with van der Waals surface area (Å²) in [4.78, 5) is 13.3. The van der Waals surface area contributed by atoms with E-state index in [1.54, 1.807) is 0 Å². The summed E-state index contributed by atoms with van der Waals surface area (Å²) in [6, 6.07) is 15.4. The predicted octanol–water partition coefficient (Wildman–Crippen LogP) is 2.98. The van der Waals surface area contributed by atoms with Gasteiger partial charge in [-0.25, -0.2) is 0 Å². The van der Waals surface area contributed by atoms with Crippen LogP contribution in [0.5, 0.6) is 5.75 Å². The molecule has 0 aromatic heterocycles. The number of carbonyl (C=O) groups is 1. The number of halogens is 1. The van der Waals surface area contributed by atoms with Gasteiger partial charge in [-0.3, -0.25) is 9.69 Å². The van der Waals surface area contributed by atoms with Crippen molar-refractivity contribution in [2.24, 2.45) is 5.73 Å². The van der Waals surface area contributed by atoms with Crippen molar-refractivity contribution < 1.29 is 9.53 Å². The number of nitrogens with zero attached hydrogens (tertiary/aromatic N) is 1. The van der Waals surface area contributed by atoms with E-state index < -0.39 is 0 Å². The van der Waals surface area contributed by atoms with Crippen molar-refractivity contribution in [2.75, 3.05) is 6.54 Å². The topological polar surface area (TPSA) is 55.6 Å². The number of carbonyl (C=O) groups excluding carboxylic acids is 1. The Bertz CT molecular complexity index is 670. The molecule has 0 radical (unpaired) electrons. The molecule has 2 N–H and O–H groups in total. The summed E-state index contributed by atoms with van der Waals surface area (Å²) >= 11 is 5.86. The molecular formula is C18H19ClN2O2. The predicted molar refractivity (Wildman–Crippen MR) is 90.2 cm³/mol. The molecule has 1 heterocycles. The number of hydrogen-bond donors (Lipinski definition) is 1. The summed E-state index contributed by atoms with van der Waals surface area (Å²) < 4.78 is 5.76. The molecule has 1 aliphatic heterocycles. The molecule has 4 nitrogen and oxygen atoms in total. The normalized spacial score (nSPS) is 17.5. The molecule has 0 unspecified atom stereocenters. The van der Waals surface area contributed by atoms with Crippen molar-refractivity contribution in [1.82, 2.24) is 4.90 Å². The van der Waals surface area contributed by atoms with Crippen molar-refractivity contribution in [3.63, 3.8) is 0 Å². The van der Waals surface area contributed by atoms with Gasteiger partial charge in [-0.1, -0.05) is 35.9 Å². The van der Waals surface area contributed by atoms with Crippen LogP contribution in [0, 0.1) is 0 Å². The third kappa shape index (κ3) is 4.03. The minimum absolute atomic E-state index is 0.115. The smallest absolute Gasteiger partial charge is 0.234 e. The Labute approximate surface area is 140 Å². The van der Waals surface area contributed by atoms with Crippen LogP contribution < -0.4 is 10.5 Å². The third-order valence-electron chi connectivity index (χ3n) is 4.09. The molecule has 2 aromatic carbocycles. The molecule has 5 heteroatoms. The first-order valence-corrected chi connectivity index (χ1v) is 7.99. The molecule has 120 valence electrons. The standard InChI is InChI=1S/C18H19ClN2O2/c19-15-5-1-14(2-6-15)12-23-16-7-3-13(4-8-16)11-21-10-9-17(21)18(20)22/h1-8,17H,9-12H2,(H2,20,22)/t17-/m0/s1. The van der Waals surface area contributed by atoms with Crippen molar-refractivity contribution in [3.05, 3.63) is 64.7 Å². The highest BCUT2D eigenvalue weighted by atomic mass is 35.5. The second-order valence-corrected chi connectivity index (χ2v) is 6.17. The molecule has 1 saturated heterocycles. The highest BCUT2D eigenvalue weighted by Crippen LogP contribution is 2.22. The Morgan fingerprint density at radius 3 is 2.35 bits per heavy atom. The van der Waals surface area contributed by atoms with Crippen molar-refractivity contribution in [1.29, 1.82) is 0 Å². The largest absolute Gasteiger partial charge is 0.489 e. The lowest BCUT2D eigenvalue weighted by atomic mass is 10.0. The number of amides is 1.